The molecule has 0 saturated carbocycles. The number of benzene rings is 1. The van der Waals surface area contributed by atoms with Crippen LogP contribution in [0.2, 0.25) is 0 Å². The Morgan fingerprint density at radius 3 is 2.62 bits per heavy atom. The number of ether oxygens (including phenoxy) is 2. The van der Waals surface area contributed by atoms with Crippen molar-refractivity contribution in [1.29, 1.82) is 0 Å². The summed E-state index contributed by atoms with van der Waals surface area (Å²) in [6, 6.07) is 7.15. The molecule has 3 heterocycles. The van der Waals surface area contributed by atoms with Gasteiger partial charge in [-0.25, -0.2) is 4.98 Å². The largest absolute Gasteiger partial charge is 0.347 e. The average Bonchev–Trinajstić information content (AvgIpc) is 3.21. The third-order valence-corrected chi connectivity index (χ3v) is 5.50. The molecule has 4 rings (SSSR count). The monoisotopic (exact) mass is 383 g/mol. The highest BCUT2D eigenvalue weighted by molar-refractivity contribution is 7.99. The molecule has 0 aliphatic carbocycles. The van der Waals surface area contributed by atoms with Crippen LogP contribution in [0.5, 0.6) is 0 Å². The number of carbonyl (C=O) groups is 1. The van der Waals surface area contributed by atoms with Crippen LogP contribution in [0.25, 0.3) is 11.0 Å². The standard InChI is InChI=1S/C17H19F2N3O3S/c18-15(19)26-16-20-12-3-1-2-4-13(12)22(16)11-14(23)21-7-5-17(6-8-21)24-9-10-25-17/h1-4,15H,5-11H2. The fourth-order valence-corrected chi connectivity index (χ4v) is 4.09. The Kier molecular flexibility index (Phi) is 4.85. The molecule has 1 aromatic carbocycles. The molecular weight excluding hydrogens is 364 g/mol. The number of para-hydroxylation sites is 2. The number of halogens is 2. The van der Waals surface area contributed by atoms with Gasteiger partial charge in [0.25, 0.3) is 5.76 Å². The number of fused-ring (bicyclic) bond motifs is 1. The van der Waals surface area contributed by atoms with E-state index >= 15 is 0 Å². The van der Waals surface area contributed by atoms with Gasteiger partial charge in [0, 0.05) is 25.9 Å². The van der Waals surface area contributed by atoms with Crippen molar-refractivity contribution in [3.8, 4) is 0 Å². The normalized spacial score (nSPS) is 19.7. The van der Waals surface area contributed by atoms with E-state index in [2.05, 4.69) is 4.98 Å². The van der Waals surface area contributed by atoms with E-state index in [9.17, 15) is 13.6 Å². The van der Waals surface area contributed by atoms with Gasteiger partial charge < -0.3 is 18.9 Å². The van der Waals surface area contributed by atoms with Gasteiger partial charge in [0.1, 0.15) is 6.54 Å². The van der Waals surface area contributed by atoms with Crippen LogP contribution in [0.15, 0.2) is 29.4 Å². The Morgan fingerprint density at radius 1 is 1.23 bits per heavy atom. The quantitative estimate of drug-likeness (QED) is 0.760. The number of imidazole rings is 1. The maximum absolute atomic E-state index is 12.9. The molecule has 0 N–H and O–H groups in total. The molecule has 0 unspecified atom stereocenters. The molecule has 2 aliphatic heterocycles. The first-order chi connectivity index (χ1) is 12.6. The summed E-state index contributed by atoms with van der Waals surface area (Å²) in [4.78, 5) is 18.7. The molecule has 9 heteroatoms. The number of alkyl halides is 2. The first-order valence-corrected chi connectivity index (χ1v) is 9.40. The molecule has 1 amide bonds. The molecule has 2 saturated heterocycles. The van der Waals surface area contributed by atoms with E-state index in [4.69, 9.17) is 9.47 Å². The van der Waals surface area contributed by atoms with Crippen LogP contribution < -0.4 is 0 Å². The van der Waals surface area contributed by atoms with Gasteiger partial charge in [0.2, 0.25) is 5.91 Å². The minimum atomic E-state index is -2.59. The van der Waals surface area contributed by atoms with Gasteiger partial charge in [0.15, 0.2) is 10.9 Å². The molecule has 26 heavy (non-hydrogen) atoms. The second-order valence-electron chi connectivity index (χ2n) is 6.34. The van der Waals surface area contributed by atoms with Crippen LogP contribution in [-0.2, 0) is 20.8 Å². The maximum Gasteiger partial charge on any atom is 0.291 e. The van der Waals surface area contributed by atoms with E-state index in [-0.39, 0.29) is 17.6 Å². The second-order valence-corrected chi connectivity index (χ2v) is 7.29. The first-order valence-electron chi connectivity index (χ1n) is 8.52. The molecule has 140 valence electrons. The highest BCUT2D eigenvalue weighted by Crippen LogP contribution is 2.32. The van der Waals surface area contributed by atoms with Gasteiger partial charge in [-0.3, -0.25) is 4.79 Å². The molecule has 6 nitrogen and oxygen atoms in total. The van der Waals surface area contributed by atoms with E-state index in [1.54, 1.807) is 33.7 Å². The van der Waals surface area contributed by atoms with Crippen molar-refractivity contribution in [2.24, 2.45) is 0 Å². The molecule has 2 fully saturated rings. The van der Waals surface area contributed by atoms with Crippen molar-refractivity contribution < 1.29 is 23.0 Å². The zero-order valence-corrected chi connectivity index (χ0v) is 14.9. The summed E-state index contributed by atoms with van der Waals surface area (Å²) in [6.07, 6.45) is 1.25. The third kappa shape index (κ3) is 3.43. The van der Waals surface area contributed by atoms with Crippen molar-refractivity contribution in [3.63, 3.8) is 0 Å². The number of hydrogen-bond donors (Lipinski definition) is 0. The van der Waals surface area contributed by atoms with Crippen molar-refractivity contribution in [1.82, 2.24) is 14.5 Å². The summed E-state index contributed by atoms with van der Waals surface area (Å²) in [7, 11) is 0. The molecule has 2 aromatic rings. The van der Waals surface area contributed by atoms with Crippen LogP contribution in [0.4, 0.5) is 8.78 Å². The molecule has 0 atom stereocenters. The minimum Gasteiger partial charge on any atom is -0.347 e. The lowest BCUT2D eigenvalue weighted by molar-refractivity contribution is -0.187. The second kappa shape index (κ2) is 7.13. The zero-order valence-electron chi connectivity index (χ0n) is 14.1. The number of hydrogen-bond acceptors (Lipinski definition) is 5. The van der Waals surface area contributed by atoms with Crippen molar-refractivity contribution in [2.75, 3.05) is 26.3 Å². The Hall–Kier alpha value is -1.71. The average molecular weight is 383 g/mol. The summed E-state index contributed by atoms with van der Waals surface area (Å²) in [5.41, 5.74) is 1.29. The topological polar surface area (TPSA) is 56.6 Å². The van der Waals surface area contributed by atoms with Gasteiger partial charge in [-0.1, -0.05) is 12.1 Å². The van der Waals surface area contributed by atoms with Gasteiger partial charge >= 0.3 is 0 Å². The summed E-state index contributed by atoms with van der Waals surface area (Å²) in [5, 5.41) is 0.158. The van der Waals surface area contributed by atoms with Crippen LogP contribution in [0.3, 0.4) is 0 Å². The minimum absolute atomic E-state index is 0.00964. The summed E-state index contributed by atoms with van der Waals surface area (Å²) in [6.45, 7) is 2.22. The van der Waals surface area contributed by atoms with Crippen molar-refractivity contribution in [3.05, 3.63) is 24.3 Å². The third-order valence-electron chi connectivity index (χ3n) is 4.80. The molecule has 0 radical (unpaired) electrons. The SMILES string of the molecule is O=C(Cn1c(SC(F)F)nc2ccccc21)N1CCC2(CC1)OCCO2. The lowest BCUT2D eigenvalue weighted by Crippen LogP contribution is -2.48. The number of nitrogens with zero attached hydrogens (tertiary/aromatic N) is 3. The Bertz CT molecular complexity index is 798. The van der Waals surface area contributed by atoms with Gasteiger partial charge in [-0.05, 0) is 23.9 Å². The smallest absolute Gasteiger partial charge is 0.291 e. The summed E-state index contributed by atoms with van der Waals surface area (Å²) >= 11 is 0.362. The molecular formula is C17H19F2N3O3S. The molecule has 1 spiro atoms. The van der Waals surface area contributed by atoms with Crippen LogP contribution >= 0.6 is 11.8 Å². The van der Waals surface area contributed by atoms with E-state index < -0.39 is 11.5 Å². The number of rotatable bonds is 4. The highest BCUT2D eigenvalue weighted by Gasteiger charge is 2.40. The van der Waals surface area contributed by atoms with Gasteiger partial charge in [0.05, 0.1) is 24.2 Å². The number of thioether (sulfide) groups is 1. The fraction of sp³-hybridized carbons (Fsp3) is 0.529. The van der Waals surface area contributed by atoms with E-state index in [1.807, 2.05) is 0 Å². The summed E-state index contributed by atoms with van der Waals surface area (Å²) < 4.78 is 38.7. The summed E-state index contributed by atoms with van der Waals surface area (Å²) in [5.74, 6) is -3.25. The number of piperidine rings is 1. The maximum atomic E-state index is 12.9. The van der Waals surface area contributed by atoms with Crippen LogP contribution in [0, 0.1) is 0 Å². The number of likely N-dealkylation sites (tertiary alicyclic amines) is 1. The predicted octanol–water partition coefficient (Wildman–Crippen LogP) is 2.72. The molecule has 0 bridgehead atoms. The molecule has 1 aromatic heterocycles. The fourth-order valence-electron chi connectivity index (χ4n) is 3.49. The van der Waals surface area contributed by atoms with Gasteiger partial charge in [-0.2, -0.15) is 8.78 Å². The van der Waals surface area contributed by atoms with E-state index in [0.29, 0.717) is 61.9 Å². The van der Waals surface area contributed by atoms with E-state index in [0.717, 1.165) is 0 Å². The molecule has 2 aliphatic rings. The van der Waals surface area contributed by atoms with Crippen LogP contribution in [-0.4, -0.2) is 58.2 Å². The lowest BCUT2D eigenvalue weighted by Gasteiger charge is -2.37. The Balaban J connectivity index is 1.50. The zero-order chi connectivity index (χ0) is 18.1. The number of amides is 1. The highest BCUT2D eigenvalue weighted by atomic mass is 32.2. The van der Waals surface area contributed by atoms with Crippen molar-refractivity contribution in [2.45, 2.75) is 36.1 Å². The Morgan fingerprint density at radius 2 is 1.92 bits per heavy atom. The van der Waals surface area contributed by atoms with Crippen molar-refractivity contribution >= 4 is 28.7 Å². The Labute approximate surface area is 153 Å². The number of carbonyl (C=O) groups excluding carboxylic acids is 1. The van der Waals surface area contributed by atoms with E-state index in [1.165, 1.54) is 0 Å². The predicted molar refractivity (Wildman–Crippen MR) is 92.0 cm³/mol. The van der Waals surface area contributed by atoms with Gasteiger partial charge in [-0.15, -0.1) is 0 Å². The first kappa shape index (κ1) is 17.7. The number of aromatic nitrogens is 2. The van der Waals surface area contributed by atoms with Crippen LogP contribution in [0.1, 0.15) is 12.8 Å². The lowest BCUT2D eigenvalue weighted by atomic mass is 10.0.